The predicted octanol–water partition coefficient (Wildman–Crippen LogP) is 12.6. The van der Waals surface area contributed by atoms with Gasteiger partial charge in [0.05, 0.1) is 40.6 Å². The van der Waals surface area contributed by atoms with E-state index in [-0.39, 0.29) is 34.2 Å². The van der Waals surface area contributed by atoms with Crippen LogP contribution in [0.3, 0.4) is 0 Å². The number of benzene rings is 8. The van der Waals surface area contributed by atoms with Crippen molar-refractivity contribution in [3.63, 3.8) is 0 Å². The Balaban J connectivity index is 0.920. The lowest BCUT2D eigenvalue weighted by atomic mass is 10.0. The van der Waals surface area contributed by atoms with Gasteiger partial charge >= 0.3 is 0 Å². The first-order valence-electron chi connectivity index (χ1n) is 19.1. The van der Waals surface area contributed by atoms with E-state index in [1.165, 1.54) is 18.2 Å². The number of halogens is 1. The second-order valence-corrected chi connectivity index (χ2v) is 15.0. The number of carbonyl (C=O) groups excluding carboxylic acids is 1. The van der Waals surface area contributed by atoms with Gasteiger partial charge in [0.2, 0.25) is 0 Å². The van der Waals surface area contributed by atoms with Gasteiger partial charge in [0.1, 0.15) is 28.5 Å². The highest BCUT2D eigenvalue weighted by molar-refractivity contribution is 6.31. The van der Waals surface area contributed by atoms with Gasteiger partial charge in [-0.1, -0.05) is 84.4 Å². The highest BCUT2D eigenvalue weighted by Crippen LogP contribution is 2.47. The Morgan fingerprint density at radius 3 is 2.07 bits per heavy atom. The van der Waals surface area contributed by atoms with E-state index < -0.39 is 0 Å². The normalized spacial score (nSPS) is 12.6. The van der Waals surface area contributed by atoms with Gasteiger partial charge in [-0.25, -0.2) is 10.0 Å². The Bertz CT molecular complexity index is 3640. The van der Waals surface area contributed by atoms with Crippen LogP contribution in [0.1, 0.15) is 15.9 Å². The number of para-hydroxylation sites is 2. The molecule has 10 aromatic rings. The van der Waals surface area contributed by atoms with Crippen molar-refractivity contribution in [2.75, 3.05) is 12.2 Å². The maximum Gasteiger partial charge on any atom is 0.264 e. The summed E-state index contributed by atoms with van der Waals surface area (Å²) in [4.78, 5) is 38.2. The van der Waals surface area contributed by atoms with Gasteiger partial charge in [-0.2, -0.15) is 10.2 Å². The van der Waals surface area contributed by atoms with Crippen LogP contribution in [0.5, 0.6) is 11.5 Å². The number of hydrogen-bond donors (Lipinski definition) is 2. The number of phenolic OH excluding ortho intramolecular Hbond substituents is 2. The first-order chi connectivity index (χ1) is 29.8. The molecule has 0 saturated heterocycles. The summed E-state index contributed by atoms with van der Waals surface area (Å²) < 4.78 is 1.57. The van der Waals surface area contributed by atoms with Gasteiger partial charge in [-0.3, -0.25) is 18.8 Å². The zero-order valence-corrected chi connectivity index (χ0v) is 32.7. The minimum absolute atomic E-state index is 0.161. The Labute approximate surface area is 349 Å². The third-order valence-electron chi connectivity index (χ3n) is 11.1. The van der Waals surface area contributed by atoms with Crippen LogP contribution in [-0.4, -0.2) is 32.5 Å². The van der Waals surface area contributed by atoms with Crippen molar-refractivity contribution in [1.82, 2.24) is 9.38 Å². The van der Waals surface area contributed by atoms with E-state index >= 15 is 0 Å². The van der Waals surface area contributed by atoms with Gasteiger partial charge in [0, 0.05) is 37.7 Å². The number of carbonyl (C=O) groups is 1. The largest absolute Gasteiger partial charge is 0.506 e. The van der Waals surface area contributed by atoms with Crippen LogP contribution in [0.4, 0.5) is 34.1 Å². The van der Waals surface area contributed by atoms with Crippen LogP contribution in [0.25, 0.3) is 60.1 Å². The molecular weight excluding hydrogens is 790 g/mol. The molecule has 0 aliphatic heterocycles. The lowest BCUT2D eigenvalue weighted by Crippen LogP contribution is -2.15. The van der Waals surface area contributed by atoms with Gasteiger partial charge in [-0.15, -0.1) is 10.2 Å². The average molecular weight is 818 g/mol. The smallest absolute Gasteiger partial charge is 0.264 e. The topological polar surface area (TPSA) is 154 Å². The van der Waals surface area contributed by atoms with Crippen LogP contribution < -0.4 is 10.6 Å². The molecular formula is C48H28ClN7O5. The number of phenols is 2. The molecule has 0 bridgehead atoms. The quantitative estimate of drug-likeness (QED) is 0.120. The molecule has 1 aliphatic rings. The molecule has 1 aliphatic carbocycles. The second kappa shape index (κ2) is 13.8. The fraction of sp³-hybridized carbons (Fsp3) is 0.0208. The summed E-state index contributed by atoms with van der Waals surface area (Å²) >= 11 is 6.27. The minimum atomic E-state index is -0.295. The van der Waals surface area contributed by atoms with Gasteiger partial charge in [-0.05, 0) is 83.2 Å². The number of ketones is 1. The molecule has 0 unspecified atom stereocenters. The Morgan fingerprint density at radius 1 is 0.639 bits per heavy atom. The first-order valence-corrected chi connectivity index (χ1v) is 19.5. The number of aromatic nitrogens is 2. The highest BCUT2D eigenvalue weighted by Gasteiger charge is 2.28. The van der Waals surface area contributed by atoms with E-state index in [1.807, 2.05) is 72.8 Å². The monoisotopic (exact) mass is 817 g/mol. The molecule has 0 spiro atoms. The Kier molecular flexibility index (Phi) is 8.14. The van der Waals surface area contributed by atoms with Gasteiger partial charge in [0.15, 0.2) is 11.5 Å². The summed E-state index contributed by atoms with van der Waals surface area (Å²) in [5, 5.41) is 46.5. The Morgan fingerprint density at radius 2 is 1.31 bits per heavy atom. The number of fused-ring (bicyclic) bond motifs is 8. The van der Waals surface area contributed by atoms with Crippen LogP contribution in [0, 0.1) is 0 Å². The van der Waals surface area contributed by atoms with E-state index in [4.69, 9.17) is 21.4 Å². The number of azo groups is 2. The lowest BCUT2D eigenvalue weighted by molar-refractivity contribution is 0.104. The average Bonchev–Trinajstić information content (AvgIpc) is 3.80. The van der Waals surface area contributed by atoms with Crippen molar-refractivity contribution in [3.8, 4) is 22.6 Å². The molecule has 0 fully saturated rings. The fourth-order valence-corrected chi connectivity index (χ4v) is 8.53. The summed E-state index contributed by atoms with van der Waals surface area (Å²) in [6, 6.07) is 41.2. The molecule has 0 atom stereocenters. The van der Waals surface area contributed by atoms with Crippen LogP contribution >= 0.6 is 11.6 Å². The number of rotatable bonds is 7. The van der Waals surface area contributed by atoms with E-state index in [2.05, 4.69) is 20.5 Å². The van der Waals surface area contributed by atoms with Crippen molar-refractivity contribution in [3.05, 3.63) is 166 Å². The number of aromatic hydroxyl groups is 2. The van der Waals surface area contributed by atoms with Crippen molar-refractivity contribution >= 4 is 101 Å². The second-order valence-electron chi connectivity index (χ2n) is 14.5. The third-order valence-corrected chi connectivity index (χ3v) is 11.3. The van der Waals surface area contributed by atoms with E-state index in [9.17, 15) is 19.8 Å². The standard InChI is InChI=1S/C48H28ClN7O5/c1-61-56(29-10-6-9-26(49)21-29)40-20-25-8-2-3-11-30(25)44(46(40)59)54-52-28-17-19-32-31-18-16-27(22-35(31)45(58)36(32)23-28)51-53-43-33-12-7-13-34-42(33)37(24-41(43)57)48(60)55-39-15-5-4-14-38(39)50-47(34)55/h2-24,57,59H,1H3. The predicted molar refractivity (Wildman–Crippen MR) is 237 cm³/mol. The van der Waals surface area contributed by atoms with Crippen molar-refractivity contribution < 1.29 is 19.8 Å². The molecule has 2 N–H and O–H groups in total. The summed E-state index contributed by atoms with van der Waals surface area (Å²) in [7, 11) is 1.49. The van der Waals surface area contributed by atoms with Crippen molar-refractivity contribution in [2.24, 2.45) is 20.5 Å². The van der Waals surface area contributed by atoms with E-state index in [0.29, 0.717) is 77.1 Å². The molecule has 0 radical (unpaired) electrons. The number of imidazole rings is 1. The zero-order chi connectivity index (χ0) is 41.5. The zero-order valence-electron chi connectivity index (χ0n) is 31.9. The molecule has 13 heteroatoms. The number of anilines is 2. The molecule has 0 saturated carbocycles. The van der Waals surface area contributed by atoms with Gasteiger partial charge < -0.3 is 10.2 Å². The first kappa shape index (κ1) is 36.1. The molecule has 2 heterocycles. The molecule has 61 heavy (non-hydrogen) atoms. The summed E-state index contributed by atoms with van der Waals surface area (Å²) in [5.74, 6) is -0.593. The van der Waals surface area contributed by atoms with Crippen LogP contribution in [0.2, 0.25) is 5.02 Å². The fourth-order valence-electron chi connectivity index (χ4n) is 8.35. The molecule has 2 aromatic heterocycles. The van der Waals surface area contributed by atoms with Gasteiger partial charge in [0.25, 0.3) is 5.56 Å². The highest BCUT2D eigenvalue weighted by atomic mass is 35.5. The maximum atomic E-state index is 13.9. The molecule has 12 nitrogen and oxygen atoms in total. The maximum absolute atomic E-state index is 13.9. The summed E-state index contributed by atoms with van der Waals surface area (Å²) in [5.41, 5.74) is 6.05. The van der Waals surface area contributed by atoms with Crippen molar-refractivity contribution in [1.29, 1.82) is 0 Å². The minimum Gasteiger partial charge on any atom is -0.506 e. The SMILES string of the molecule is CON(c1cccc(Cl)c1)c1cc2ccccc2c(N=Nc2ccc3c(c2)C(=O)c2cc(N=Nc4c(O)cc5c(=O)n6c7ccccc7nc6c6cccc4c56)ccc2-3)c1O. The van der Waals surface area contributed by atoms with Crippen molar-refractivity contribution in [2.45, 2.75) is 0 Å². The van der Waals surface area contributed by atoms with E-state index in [1.54, 1.807) is 65.1 Å². The number of hydrogen-bond acceptors (Lipinski definition) is 11. The number of pyridine rings is 1. The molecule has 0 amide bonds. The molecule has 11 rings (SSSR count). The summed E-state index contributed by atoms with van der Waals surface area (Å²) in [6.07, 6.45) is 0. The molecule has 292 valence electrons. The lowest BCUT2D eigenvalue weighted by Gasteiger charge is -2.24. The van der Waals surface area contributed by atoms with Crippen LogP contribution in [-0.2, 0) is 4.84 Å². The Hall–Kier alpha value is -8.06. The van der Waals surface area contributed by atoms with Crippen LogP contribution in [0.15, 0.2) is 165 Å². The van der Waals surface area contributed by atoms with E-state index in [0.717, 1.165) is 21.9 Å². The summed E-state index contributed by atoms with van der Waals surface area (Å²) in [6.45, 7) is 0. The third kappa shape index (κ3) is 5.61. The molecule has 8 aromatic carbocycles. The number of nitrogens with zero attached hydrogens (tertiary/aromatic N) is 7.